The molecule has 3 fully saturated rings. The van der Waals surface area contributed by atoms with Crippen LogP contribution in [-0.2, 0) is 14.2 Å². The van der Waals surface area contributed by atoms with E-state index >= 15 is 0 Å². The number of rotatable bonds is 9. The van der Waals surface area contributed by atoms with Crippen LogP contribution >= 0.6 is 0 Å². The van der Waals surface area contributed by atoms with Gasteiger partial charge in [0, 0.05) is 35.3 Å². The minimum Gasteiger partial charge on any atom is -0.368 e. The summed E-state index contributed by atoms with van der Waals surface area (Å²) in [4.78, 5) is 14.2. The van der Waals surface area contributed by atoms with E-state index in [1.807, 2.05) is 36.8 Å². The third-order valence-corrected chi connectivity index (χ3v) is 9.88. The first-order valence-corrected chi connectivity index (χ1v) is 17.4. The largest absolute Gasteiger partial charge is 0.368 e. The molecule has 3 atom stereocenters. The molecule has 0 radical (unpaired) electrons. The van der Waals surface area contributed by atoms with E-state index in [1.165, 1.54) is 16.7 Å². The molecule has 6 heterocycles. The highest BCUT2D eigenvalue weighted by Crippen LogP contribution is 2.38. The fourth-order valence-electron chi connectivity index (χ4n) is 6.84. The van der Waals surface area contributed by atoms with Crippen LogP contribution in [0, 0.1) is 0 Å². The van der Waals surface area contributed by atoms with Gasteiger partial charge in [-0.2, -0.15) is 0 Å². The van der Waals surface area contributed by atoms with Gasteiger partial charge < -0.3 is 14.2 Å². The van der Waals surface area contributed by atoms with Crippen molar-refractivity contribution in [2.24, 2.45) is 0 Å². The Bertz CT molecular complexity index is 2150. The maximum absolute atomic E-state index is 5.55. The topological polar surface area (TPSA) is 76.3 Å². The first-order valence-electron chi connectivity index (χ1n) is 17.4. The van der Waals surface area contributed by atoms with E-state index in [0.29, 0.717) is 0 Å². The van der Waals surface area contributed by atoms with Gasteiger partial charge in [-0.25, -0.2) is 0 Å². The van der Waals surface area contributed by atoms with Gasteiger partial charge in [0.2, 0.25) is 0 Å². The Morgan fingerprint density at radius 1 is 0.333 bits per heavy atom. The number of benzene rings is 4. The molecule has 0 bridgehead atoms. The average Bonchev–Trinajstić information content (AvgIpc) is 4.04. The zero-order valence-electron chi connectivity index (χ0n) is 27.8. The standard InChI is InChI=1S/C45H33N3O3/c1-4-28(16-31(7-1)40-22-34(10-13-46-40)43-25-49-43)37-19-38(29-5-2-8-32(17-29)41-23-35(11-14-47-41)44-26-50-44)21-39(20-37)30-6-3-9-33(18-30)42-24-36(12-15-48-42)45-27-51-45/h1-24,43-45H,25-27H2. The van der Waals surface area contributed by atoms with E-state index in [0.717, 1.165) is 87.0 Å². The number of pyridine rings is 3. The lowest BCUT2D eigenvalue weighted by Crippen LogP contribution is -1.91. The van der Waals surface area contributed by atoms with Crippen LogP contribution in [0.25, 0.3) is 67.2 Å². The van der Waals surface area contributed by atoms with E-state index < -0.39 is 0 Å². The number of hydrogen-bond acceptors (Lipinski definition) is 6. The Labute approximate surface area is 296 Å². The van der Waals surface area contributed by atoms with Gasteiger partial charge in [0.15, 0.2) is 0 Å². The molecule has 0 saturated carbocycles. The van der Waals surface area contributed by atoms with Crippen molar-refractivity contribution in [3.05, 3.63) is 163 Å². The van der Waals surface area contributed by atoms with Crippen molar-refractivity contribution >= 4 is 0 Å². The summed E-state index contributed by atoms with van der Waals surface area (Å²) in [6, 6.07) is 45.4. The van der Waals surface area contributed by atoms with Crippen LogP contribution in [0.2, 0.25) is 0 Å². The quantitative estimate of drug-likeness (QED) is 0.143. The molecule has 51 heavy (non-hydrogen) atoms. The molecule has 3 unspecified atom stereocenters. The second-order valence-electron chi connectivity index (χ2n) is 13.4. The molecule has 10 rings (SSSR count). The molecule has 246 valence electrons. The molecule has 7 aromatic rings. The SMILES string of the molecule is c1cc(-c2cc(-c3cccc(-c4cc(C5CO5)ccn4)c3)cc(-c3cccc(-c4cc(C5CO5)ccn4)c3)c2)cc(-c2cc(C3CO3)ccn2)c1. The van der Waals surface area contributed by atoms with Crippen LogP contribution in [0.1, 0.15) is 35.0 Å². The molecule has 6 heteroatoms. The maximum Gasteiger partial charge on any atom is 0.106 e. The minimum atomic E-state index is 0.181. The third-order valence-electron chi connectivity index (χ3n) is 9.88. The Hall–Kier alpha value is -5.79. The van der Waals surface area contributed by atoms with Gasteiger partial charge in [0.05, 0.1) is 36.9 Å². The van der Waals surface area contributed by atoms with Gasteiger partial charge in [0.25, 0.3) is 0 Å². The highest BCUT2D eigenvalue weighted by Gasteiger charge is 2.27. The van der Waals surface area contributed by atoms with Gasteiger partial charge in [-0.05, 0) is 123 Å². The molecule has 0 N–H and O–H groups in total. The first kappa shape index (κ1) is 30.1. The Balaban J connectivity index is 1.08. The lowest BCUT2D eigenvalue weighted by Gasteiger charge is -2.14. The second-order valence-corrected chi connectivity index (χ2v) is 13.4. The van der Waals surface area contributed by atoms with Gasteiger partial charge >= 0.3 is 0 Å². The van der Waals surface area contributed by atoms with Gasteiger partial charge in [-0.1, -0.05) is 54.6 Å². The first-order chi connectivity index (χ1) is 25.2. The molecule has 0 spiro atoms. The molecular weight excluding hydrogens is 631 g/mol. The van der Waals surface area contributed by atoms with Crippen LogP contribution in [-0.4, -0.2) is 34.8 Å². The van der Waals surface area contributed by atoms with Crippen LogP contribution in [0.3, 0.4) is 0 Å². The molecule has 3 aliphatic heterocycles. The smallest absolute Gasteiger partial charge is 0.106 e. The molecule has 0 aliphatic carbocycles. The normalized spacial score (nSPS) is 18.7. The van der Waals surface area contributed by atoms with Crippen molar-refractivity contribution in [3.8, 4) is 67.2 Å². The molecule has 4 aromatic carbocycles. The van der Waals surface area contributed by atoms with Crippen LogP contribution in [0.15, 0.2) is 146 Å². The number of nitrogens with zero attached hydrogens (tertiary/aromatic N) is 3. The number of ether oxygens (including phenoxy) is 3. The lowest BCUT2D eigenvalue weighted by molar-refractivity contribution is 0.415. The summed E-state index contributed by atoms with van der Waals surface area (Å²) in [5.74, 6) is 0. The van der Waals surface area contributed by atoms with Gasteiger partial charge in [0.1, 0.15) is 18.3 Å². The summed E-state index contributed by atoms with van der Waals surface area (Å²) >= 11 is 0. The summed E-state index contributed by atoms with van der Waals surface area (Å²) in [5.41, 5.74) is 16.3. The van der Waals surface area contributed by atoms with Crippen molar-refractivity contribution in [1.29, 1.82) is 0 Å². The van der Waals surface area contributed by atoms with Crippen molar-refractivity contribution in [1.82, 2.24) is 15.0 Å². The molecule has 3 aliphatic rings. The van der Waals surface area contributed by atoms with Crippen molar-refractivity contribution in [2.45, 2.75) is 18.3 Å². The zero-order chi connectivity index (χ0) is 33.7. The summed E-state index contributed by atoms with van der Waals surface area (Å²) < 4.78 is 16.7. The lowest BCUT2D eigenvalue weighted by atomic mass is 9.91. The van der Waals surface area contributed by atoms with Gasteiger partial charge in [-0.3, -0.25) is 15.0 Å². The highest BCUT2D eigenvalue weighted by atomic mass is 16.6. The predicted molar refractivity (Wildman–Crippen MR) is 199 cm³/mol. The molecule has 6 nitrogen and oxygen atoms in total. The summed E-state index contributed by atoms with van der Waals surface area (Å²) in [6.45, 7) is 2.32. The maximum atomic E-state index is 5.55. The number of epoxide rings is 3. The third kappa shape index (κ3) is 6.37. The van der Waals surface area contributed by atoms with Crippen molar-refractivity contribution in [2.75, 3.05) is 19.8 Å². The van der Waals surface area contributed by atoms with Crippen LogP contribution in [0.4, 0.5) is 0 Å². The Morgan fingerprint density at radius 3 is 0.902 bits per heavy atom. The monoisotopic (exact) mass is 663 g/mol. The van der Waals surface area contributed by atoms with E-state index in [9.17, 15) is 0 Å². The second kappa shape index (κ2) is 12.5. The number of aromatic nitrogens is 3. The summed E-state index contributed by atoms with van der Waals surface area (Å²) in [7, 11) is 0. The molecular formula is C45H33N3O3. The van der Waals surface area contributed by atoms with E-state index in [-0.39, 0.29) is 18.3 Å². The van der Waals surface area contributed by atoms with E-state index in [2.05, 4.69) is 109 Å². The van der Waals surface area contributed by atoms with E-state index in [1.54, 1.807) is 0 Å². The fourth-order valence-corrected chi connectivity index (χ4v) is 6.84. The average molecular weight is 664 g/mol. The fraction of sp³-hybridized carbons (Fsp3) is 0.133. The van der Waals surface area contributed by atoms with Crippen LogP contribution < -0.4 is 0 Å². The molecule has 3 aromatic heterocycles. The Morgan fingerprint density at radius 2 is 0.608 bits per heavy atom. The van der Waals surface area contributed by atoms with Gasteiger partial charge in [-0.15, -0.1) is 0 Å². The minimum absolute atomic E-state index is 0.181. The number of hydrogen-bond donors (Lipinski definition) is 0. The van der Waals surface area contributed by atoms with Crippen molar-refractivity contribution in [3.63, 3.8) is 0 Å². The molecule has 0 amide bonds. The predicted octanol–water partition coefficient (Wildman–Crippen LogP) is 10.1. The molecule has 3 saturated heterocycles. The van der Waals surface area contributed by atoms with Crippen molar-refractivity contribution < 1.29 is 14.2 Å². The highest BCUT2D eigenvalue weighted by molar-refractivity contribution is 5.84. The summed E-state index contributed by atoms with van der Waals surface area (Å²) in [6.07, 6.45) is 6.17. The summed E-state index contributed by atoms with van der Waals surface area (Å²) in [5, 5.41) is 0. The van der Waals surface area contributed by atoms with E-state index in [4.69, 9.17) is 29.2 Å². The zero-order valence-corrected chi connectivity index (χ0v) is 27.8. The Kier molecular flexibility index (Phi) is 7.38. The van der Waals surface area contributed by atoms with Crippen LogP contribution in [0.5, 0.6) is 0 Å².